The first-order valence-electron chi connectivity index (χ1n) is 5.25. The number of carbonyl (C=O) groups is 1. The zero-order valence-corrected chi connectivity index (χ0v) is 8.87. The summed E-state index contributed by atoms with van der Waals surface area (Å²) in [7, 11) is 0. The van der Waals surface area contributed by atoms with E-state index in [9.17, 15) is 9.18 Å². The van der Waals surface area contributed by atoms with E-state index in [1.165, 1.54) is 12.1 Å². The van der Waals surface area contributed by atoms with Crippen LogP contribution in [0.2, 0.25) is 0 Å². The number of nitrogens with one attached hydrogen (secondary N) is 1. The van der Waals surface area contributed by atoms with Gasteiger partial charge in [-0.1, -0.05) is 0 Å². The fourth-order valence-electron chi connectivity index (χ4n) is 1.81. The van der Waals surface area contributed by atoms with Gasteiger partial charge in [-0.05, 0) is 31.2 Å². The molecule has 86 valence electrons. The summed E-state index contributed by atoms with van der Waals surface area (Å²) in [6, 6.07) is 4.41. The van der Waals surface area contributed by atoms with E-state index >= 15 is 0 Å². The minimum Gasteiger partial charge on any atom is -0.360 e. The monoisotopic (exact) mass is 223 g/mol. The maximum Gasteiger partial charge on any atom is 0.243 e. The van der Waals surface area contributed by atoms with Crippen LogP contribution < -0.4 is 16.0 Å². The molecule has 0 unspecified atom stereocenters. The molecule has 0 aliphatic carbocycles. The van der Waals surface area contributed by atoms with E-state index in [1.54, 1.807) is 6.07 Å². The van der Waals surface area contributed by atoms with Crippen LogP contribution in [-0.4, -0.2) is 25.5 Å². The summed E-state index contributed by atoms with van der Waals surface area (Å²) in [6.45, 7) is 1.59. The molecule has 1 aromatic carbocycles. The molecular formula is C11H14FN3O. The molecule has 0 radical (unpaired) electrons. The van der Waals surface area contributed by atoms with Crippen molar-refractivity contribution in [2.75, 3.05) is 29.9 Å². The summed E-state index contributed by atoms with van der Waals surface area (Å²) in [4.78, 5) is 13.3. The highest BCUT2D eigenvalue weighted by Gasteiger charge is 2.21. The number of halogens is 1. The second-order valence-electron chi connectivity index (χ2n) is 3.77. The lowest BCUT2D eigenvalue weighted by Gasteiger charge is -2.30. The fourth-order valence-corrected chi connectivity index (χ4v) is 1.81. The van der Waals surface area contributed by atoms with Crippen molar-refractivity contribution in [2.24, 2.45) is 5.73 Å². The summed E-state index contributed by atoms with van der Waals surface area (Å²) >= 11 is 0. The third kappa shape index (κ3) is 2.14. The molecule has 0 bridgehead atoms. The van der Waals surface area contributed by atoms with Gasteiger partial charge < -0.3 is 16.0 Å². The molecule has 0 fully saturated rings. The SMILES string of the molecule is NCCCN1CC(=O)Nc2cc(F)ccc21. The Balaban J connectivity index is 2.27. The molecule has 0 saturated carbocycles. The van der Waals surface area contributed by atoms with Crippen molar-refractivity contribution in [3.63, 3.8) is 0 Å². The number of carbonyl (C=O) groups excluding carboxylic acids is 1. The molecule has 2 rings (SSSR count). The fraction of sp³-hybridized carbons (Fsp3) is 0.364. The van der Waals surface area contributed by atoms with Crippen molar-refractivity contribution in [1.29, 1.82) is 0 Å². The van der Waals surface area contributed by atoms with E-state index in [-0.39, 0.29) is 11.7 Å². The van der Waals surface area contributed by atoms with Gasteiger partial charge in [0.05, 0.1) is 17.9 Å². The molecule has 1 aromatic rings. The lowest BCUT2D eigenvalue weighted by Crippen LogP contribution is -2.39. The van der Waals surface area contributed by atoms with Crippen molar-refractivity contribution < 1.29 is 9.18 Å². The summed E-state index contributed by atoms with van der Waals surface area (Å²) in [5.74, 6) is -0.463. The number of benzene rings is 1. The van der Waals surface area contributed by atoms with E-state index in [2.05, 4.69) is 5.32 Å². The number of nitrogens with two attached hydrogens (primary N) is 1. The molecule has 1 aliphatic rings. The first-order valence-corrected chi connectivity index (χ1v) is 5.25. The number of rotatable bonds is 3. The van der Waals surface area contributed by atoms with Crippen molar-refractivity contribution in [1.82, 2.24) is 0 Å². The summed E-state index contributed by atoms with van der Waals surface area (Å²) < 4.78 is 13.0. The normalized spacial score (nSPS) is 14.6. The Kier molecular flexibility index (Phi) is 3.05. The van der Waals surface area contributed by atoms with E-state index < -0.39 is 0 Å². The standard InChI is InChI=1S/C11H14FN3O/c12-8-2-3-10-9(6-8)14-11(16)7-15(10)5-1-4-13/h2-3,6H,1,4-5,7,13H2,(H,14,16). The van der Waals surface area contributed by atoms with Crippen LogP contribution in [0.25, 0.3) is 0 Å². The molecule has 1 heterocycles. The Morgan fingerprint density at radius 1 is 1.50 bits per heavy atom. The Morgan fingerprint density at radius 2 is 2.31 bits per heavy atom. The van der Waals surface area contributed by atoms with Gasteiger partial charge in [0.25, 0.3) is 0 Å². The van der Waals surface area contributed by atoms with Crippen LogP contribution in [0.15, 0.2) is 18.2 Å². The van der Waals surface area contributed by atoms with E-state index in [0.29, 0.717) is 25.3 Å². The van der Waals surface area contributed by atoms with Gasteiger partial charge >= 0.3 is 0 Å². The third-order valence-electron chi connectivity index (χ3n) is 2.54. The molecular weight excluding hydrogens is 209 g/mol. The zero-order valence-electron chi connectivity index (χ0n) is 8.87. The highest BCUT2D eigenvalue weighted by Crippen LogP contribution is 2.29. The number of amides is 1. The van der Waals surface area contributed by atoms with Crippen molar-refractivity contribution in [2.45, 2.75) is 6.42 Å². The van der Waals surface area contributed by atoms with Crippen LogP contribution in [0.3, 0.4) is 0 Å². The molecule has 3 N–H and O–H groups in total. The first kappa shape index (κ1) is 10.9. The van der Waals surface area contributed by atoms with Crippen molar-refractivity contribution in [3.8, 4) is 0 Å². The van der Waals surface area contributed by atoms with E-state index in [0.717, 1.165) is 12.1 Å². The molecule has 1 amide bonds. The van der Waals surface area contributed by atoms with Crippen LogP contribution in [-0.2, 0) is 4.79 Å². The van der Waals surface area contributed by atoms with E-state index in [1.807, 2.05) is 4.90 Å². The molecule has 4 nitrogen and oxygen atoms in total. The lowest BCUT2D eigenvalue weighted by atomic mass is 10.2. The molecule has 0 atom stereocenters. The Labute approximate surface area is 93.2 Å². The zero-order chi connectivity index (χ0) is 11.5. The number of fused-ring (bicyclic) bond motifs is 1. The maximum atomic E-state index is 13.0. The number of hydrogen-bond donors (Lipinski definition) is 2. The molecule has 1 aliphatic heterocycles. The largest absolute Gasteiger partial charge is 0.360 e. The highest BCUT2D eigenvalue weighted by atomic mass is 19.1. The second-order valence-corrected chi connectivity index (χ2v) is 3.77. The van der Waals surface area contributed by atoms with Gasteiger partial charge in [0.1, 0.15) is 5.82 Å². The number of nitrogens with zero attached hydrogens (tertiary/aromatic N) is 1. The second kappa shape index (κ2) is 4.49. The Hall–Kier alpha value is -1.62. The summed E-state index contributed by atoms with van der Waals surface area (Å²) in [6.07, 6.45) is 0.810. The molecule has 16 heavy (non-hydrogen) atoms. The van der Waals surface area contributed by atoms with Gasteiger partial charge in [-0.15, -0.1) is 0 Å². The molecule has 0 aromatic heterocycles. The average molecular weight is 223 g/mol. The first-order chi connectivity index (χ1) is 7.70. The molecule has 0 spiro atoms. The molecule has 0 saturated heterocycles. The van der Waals surface area contributed by atoms with E-state index in [4.69, 9.17) is 5.73 Å². The number of anilines is 2. The lowest BCUT2D eigenvalue weighted by molar-refractivity contribution is -0.115. The van der Waals surface area contributed by atoms with Crippen LogP contribution in [0, 0.1) is 5.82 Å². The van der Waals surface area contributed by atoms with Gasteiger partial charge in [-0.2, -0.15) is 0 Å². The summed E-state index contributed by atoms with van der Waals surface area (Å²) in [5.41, 5.74) is 6.83. The third-order valence-corrected chi connectivity index (χ3v) is 2.54. The molecule has 5 heteroatoms. The van der Waals surface area contributed by atoms with Crippen LogP contribution in [0.4, 0.5) is 15.8 Å². The van der Waals surface area contributed by atoms with Gasteiger partial charge in [0.15, 0.2) is 0 Å². The minimum atomic E-state index is -0.347. The van der Waals surface area contributed by atoms with Crippen LogP contribution in [0.5, 0.6) is 0 Å². The Bertz CT molecular complexity index is 408. The maximum absolute atomic E-state index is 13.0. The van der Waals surface area contributed by atoms with Crippen LogP contribution in [0.1, 0.15) is 6.42 Å². The predicted octanol–water partition coefficient (Wildman–Crippen LogP) is 0.933. The quantitative estimate of drug-likeness (QED) is 0.801. The smallest absolute Gasteiger partial charge is 0.243 e. The average Bonchev–Trinajstić information content (AvgIpc) is 2.25. The van der Waals surface area contributed by atoms with Crippen molar-refractivity contribution in [3.05, 3.63) is 24.0 Å². The predicted molar refractivity (Wildman–Crippen MR) is 60.9 cm³/mol. The van der Waals surface area contributed by atoms with Gasteiger partial charge in [-0.3, -0.25) is 4.79 Å². The topological polar surface area (TPSA) is 58.4 Å². The van der Waals surface area contributed by atoms with Crippen molar-refractivity contribution >= 4 is 17.3 Å². The van der Waals surface area contributed by atoms with Gasteiger partial charge in [0.2, 0.25) is 5.91 Å². The van der Waals surface area contributed by atoms with Gasteiger partial charge in [0, 0.05) is 6.54 Å². The van der Waals surface area contributed by atoms with Gasteiger partial charge in [-0.25, -0.2) is 4.39 Å². The van der Waals surface area contributed by atoms with Crippen LogP contribution >= 0.6 is 0 Å². The highest BCUT2D eigenvalue weighted by molar-refractivity contribution is 6.01. The minimum absolute atomic E-state index is 0.116. The Morgan fingerprint density at radius 3 is 3.06 bits per heavy atom. The summed E-state index contributed by atoms with van der Waals surface area (Å²) in [5, 5.41) is 2.66. The number of hydrogen-bond acceptors (Lipinski definition) is 3.